The van der Waals surface area contributed by atoms with Crippen molar-refractivity contribution in [2.75, 3.05) is 6.61 Å². The van der Waals surface area contributed by atoms with Crippen LogP contribution in [0.15, 0.2) is 24.3 Å². The summed E-state index contributed by atoms with van der Waals surface area (Å²) in [5.41, 5.74) is 0.160. The average Bonchev–Trinajstić information content (AvgIpc) is 3.20. The molecule has 0 radical (unpaired) electrons. The van der Waals surface area contributed by atoms with Gasteiger partial charge in [0, 0.05) is 6.04 Å². The van der Waals surface area contributed by atoms with Crippen LogP contribution in [-0.4, -0.2) is 29.3 Å². The Bertz CT molecular complexity index is 456. The Morgan fingerprint density at radius 3 is 2.84 bits per heavy atom. The molecule has 0 aromatic heterocycles. The van der Waals surface area contributed by atoms with E-state index in [4.69, 9.17) is 4.74 Å². The van der Waals surface area contributed by atoms with Gasteiger partial charge in [-0.25, -0.2) is 0 Å². The zero-order valence-corrected chi connectivity index (χ0v) is 11.5. The van der Waals surface area contributed by atoms with E-state index in [1.54, 1.807) is 6.92 Å². The fraction of sp³-hybridized carbons (Fsp3) is 0.533. The average molecular weight is 263 g/mol. The van der Waals surface area contributed by atoms with Crippen LogP contribution in [0.5, 0.6) is 5.75 Å². The third-order valence-electron chi connectivity index (χ3n) is 3.41. The number of benzene rings is 1. The summed E-state index contributed by atoms with van der Waals surface area (Å²) in [5, 5.41) is 12.5. The topological polar surface area (TPSA) is 58.6 Å². The van der Waals surface area contributed by atoms with E-state index < -0.39 is 11.5 Å². The summed E-state index contributed by atoms with van der Waals surface area (Å²) in [5.74, 6) is -0.143. The van der Waals surface area contributed by atoms with Crippen molar-refractivity contribution in [3.8, 4) is 5.75 Å². The Balaban J connectivity index is 1.99. The Morgan fingerprint density at radius 1 is 1.53 bits per heavy atom. The van der Waals surface area contributed by atoms with Gasteiger partial charge in [0.15, 0.2) is 0 Å². The van der Waals surface area contributed by atoms with E-state index in [0.717, 1.165) is 25.0 Å². The van der Waals surface area contributed by atoms with E-state index in [-0.39, 0.29) is 6.61 Å². The molecule has 1 saturated carbocycles. The van der Waals surface area contributed by atoms with Gasteiger partial charge in [-0.2, -0.15) is 0 Å². The molecular formula is C15H21NO3. The van der Waals surface area contributed by atoms with Crippen molar-refractivity contribution in [1.29, 1.82) is 0 Å². The SMILES string of the molecule is CCc1cccc(OCC(C)(NC2CC2)C(=O)O)c1. The highest BCUT2D eigenvalue weighted by molar-refractivity contribution is 5.78. The summed E-state index contributed by atoms with van der Waals surface area (Å²) in [6.07, 6.45) is 3.04. The Hall–Kier alpha value is -1.55. The van der Waals surface area contributed by atoms with Crippen LogP contribution in [0.1, 0.15) is 32.3 Å². The standard InChI is InChI=1S/C15H21NO3/c1-3-11-5-4-6-13(9-11)19-10-15(2,14(17)18)16-12-7-8-12/h4-6,9,12,16H,3,7-8,10H2,1-2H3,(H,17,18). The van der Waals surface area contributed by atoms with Gasteiger partial charge in [-0.05, 0) is 43.9 Å². The monoisotopic (exact) mass is 263 g/mol. The number of carbonyl (C=O) groups is 1. The van der Waals surface area contributed by atoms with Crippen molar-refractivity contribution < 1.29 is 14.6 Å². The molecule has 4 heteroatoms. The molecule has 1 aromatic carbocycles. The number of rotatable bonds is 7. The molecule has 0 heterocycles. The van der Waals surface area contributed by atoms with E-state index in [1.807, 2.05) is 24.3 Å². The van der Waals surface area contributed by atoms with Crippen LogP contribution < -0.4 is 10.1 Å². The zero-order valence-electron chi connectivity index (χ0n) is 11.5. The third-order valence-corrected chi connectivity index (χ3v) is 3.41. The minimum Gasteiger partial charge on any atom is -0.491 e. The molecule has 1 unspecified atom stereocenters. The van der Waals surface area contributed by atoms with Gasteiger partial charge >= 0.3 is 5.97 Å². The van der Waals surface area contributed by atoms with Crippen LogP contribution in [0.4, 0.5) is 0 Å². The number of aliphatic carboxylic acids is 1. The van der Waals surface area contributed by atoms with Gasteiger partial charge in [0.1, 0.15) is 17.9 Å². The second-order valence-electron chi connectivity index (χ2n) is 5.35. The van der Waals surface area contributed by atoms with Gasteiger partial charge in [0.25, 0.3) is 0 Å². The lowest BCUT2D eigenvalue weighted by molar-refractivity contribution is -0.145. The number of hydrogen-bond donors (Lipinski definition) is 2. The fourth-order valence-corrected chi connectivity index (χ4v) is 1.93. The first kappa shape index (κ1) is 13.9. The molecule has 1 fully saturated rings. The van der Waals surface area contributed by atoms with Crippen molar-refractivity contribution in [3.05, 3.63) is 29.8 Å². The Morgan fingerprint density at radius 2 is 2.26 bits per heavy atom. The van der Waals surface area contributed by atoms with Crippen LogP contribution in [0.2, 0.25) is 0 Å². The minimum atomic E-state index is -1.02. The maximum Gasteiger partial charge on any atom is 0.327 e. The van der Waals surface area contributed by atoms with Gasteiger partial charge < -0.3 is 9.84 Å². The maximum absolute atomic E-state index is 11.4. The summed E-state index contributed by atoms with van der Waals surface area (Å²) in [6.45, 7) is 3.89. The van der Waals surface area contributed by atoms with Crippen molar-refractivity contribution in [3.63, 3.8) is 0 Å². The van der Waals surface area contributed by atoms with Gasteiger partial charge in [-0.3, -0.25) is 10.1 Å². The lowest BCUT2D eigenvalue weighted by atomic mass is 10.0. The van der Waals surface area contributed by atoms with Crippen molar-refractivity contribution in [1.82, 2.24) is 5.32 Å². The van der Waals surface area contributed by atoms with E-state index in [9.17, 15) is 9.90 Å². The van der Waals surface area contributed by atoms with Crippen molar-refractivity contribution in [2.24, 2.45) is 0 Å². The normalized spacial score (nSPS) is 17.8. The molecule has 0 spiro atoms. The molecule has 0 aliphatic heterocycles. The third kappa shape index (κ3) is 3.70. The molecule has 1 aliphatic rings. The number of nitrogens with one attached hydrogen (secondary N) is 1. The van der Waals surface area contributed by atoms with Crippen molar-refractivity contribution >= 4 is 5.97 Å². The van der Waals surface area contributed by atoms with E-state index in [0.29, 0.717) is 6.04 Å². The summed E-state index contributed by atoms with van der Waals surface area (Å²) in [6, 6.07) is 8.11. The first-order valence-corrected chi connectivity index (χ1v) is 6.76. The molecule has 0 saturated heterocycles. The second-order valence-corrected chi connectivity index (χ2v) is 5.35. The first-order chi connectivity index (χ1) is 9.03. The van der Waals surface area contributed by atoms with E-state index in [1.165, 1.54) is 5.56 Å². The molecule has 2 rings (SSSR count). The largest absolute Gasteiger partial charge is 0.491 e. The fourth-order valence-electron chi connectivity index (χ4n) is 1.93. The molecule has 1 aromatic rings. The number of hydrogen-bond acceptors (Lipinski definition) is 3. The van der Waals surface area contributed by atoms with Gasteiger partial charge in [-0.15, -0.1) is 0 Å². The Kier molecular flexibility index (Phi) is 4.10. The molecule has 1 aliphatic carbocycles. The maximum atomic E-state index is 11.4. The summed E-state index contributed by atoms with van der Waals surface area (Å²) >= 11 is 0. The quantitative estimate of drug-likeness (QED) is 0.792. The summed E-state index contributed by atoms with van der Waals surface area (Å²) < 4.78 is 5.66. The smallest absolute Gasteiger partial charge is 0.327 e. The molecule has 104 valence electrons. The minimum absolute atomic E-state index is 0.131. The predicted octanol–water partition coefficient (Wildman–Crippen LogP) is 2.22. The second kappa shape index (κ2) is 5.61. The van der Waals surface area contributed by atoms with E-state index in [2.05, 4.69) is 12.2 Å². The van der Waals surface area contributed by atoms with Gasteiger partial charge in [0.2, 0.25) is 0 Å². The summed E-state index contributed by atoms with van der Waals surface area (Å²) in [4.78, 5) is 11.4. The van der Waals surface area contributed by atoms with Crippen LogP contribution in [0.3, 0.4) is 0 Å². The summed E-state index contributed by atoms with van der Waals surface area (Å²) in [7, 11) is 0. The highest BCUT2D eigenvalue weighted by Crippen LogP contribution is 2.23. The number of ether oxygens (including phenoxy) is 1. The molecular weight excluding hydrogens is 242 g/mol. The highest BCUT2D eigenvalue weighted by atomic mass is 16.5. The van der Waals surface area contributed by atoms with Crippen LogP contribution >= 0.6 is 0 Å². The van der Waals surface area contributed by atoms with Crippen LogP contribution in [0, 0.1) is 0 Å². The molecule has 1 atom stereocenters. The molecule has 0 bridgehead atoms. The first-order valence-electron chi connectivity index (χ1n) is 6.76. The number of carboxylic acid groups (broad SMARTS) is 1. The number of aryl methyl sites for hydroxylation is 1. The lowest BCUT2D eigenvalue weighted by Gasteiger charge is -2.26. The van der Waals surface area contributed by atoms with Crippen LogP contribution in [0.25, 0.3) is 0 Å². The molecule has 2 N–H and O–H groups in total. The lowest BCUT2D eigenvalue weighted by Crippen LogP contribution is -2.54. The predicted molar refractivity (Wildman–Crippen MR) is 73.5 cm³/mol. The van der Waals surface area contributed by atoms with Crippen LogP contribution in [-0.2, 0) is 11.2 Å². The molecule has 4 nitrogen and oxygen atoms in total. The van der Waals surface area contributed by atoms with Crippen molar-refractivity contribution in [2.45, 2.75) is 44.7 Å². The van der Waals surface area contributed by atoms with Gasteiger partial charge in [0.05, 0.1) is 0 Å². The molecule has 19 heavy (non-hydrogen) atoms. The van der Waals surface area contributed by atoms with Gasteiger partial charge in [-0.1, -0.05) is 19.1 Å². The Labute approximate surface area is 113 Å². The molecule has 0 amide bonds. The highest BCUT2D eigenvalue weighted by Gasteiger charge is 2.39. The number of carboxylic acids is 1. The van der Waals surface area contributed by atoms with E-state index >= 15 is 0 Å². The zero-order chi connectivity index (χ0) is 13.9.